The number of para-hydroxylation sites is 2. The first-order chi connectivity index (χ1) is 12.7. The van der Waals surface area contributed by atoms with E-state index in [0.29, 0.717) is 5.11 Å². The minimum atomic E-state index is 0.480. The Hall–Kier alpha value is -3.25. The van der Waals surface area contributed by atoms with Gasteiger partial charge < -0.3 is 15.4 Å². The van der Waals surface area contributed by atoms with Crippen LogP contribution in [0.4, 0.5) is 22.7 Å². The number of nitrogens with zero attached hydrogens (tertiary/aromatic N) is 2. The van der Waals surface area contributed by atoms with Crippen molar-refractivity contribution in [1.29, 1.82) is 0 Å². The van der Waals surface area contributed by atoms with E-state index in [1.807, 2.05) is 78.9 Å². The van der Waals surface area contributed by atoms with Crippen LogP contribution in [-0.2, 0) is 0 Å². The van der Waals surface area contributed by atoms with E-state index in [4.69, 9.17) is 17.0 Å². The molecule has 0 radical (unpaired) electrons. The highest BCUT2D eigenvalue weighted by Gasteiger charge is 2.04. The maximum Gasteiger partial charge on any atom is 0.175 e. The number of thiocarbonyl (C=S) groups is 1. The zero-order chi connectivity index (χ0) is 18.2. The van der Waals surface area contributed by atoms with Gasteiger partial charge in [0.2, 0.25) is 0 Å². The summed E-state index contributed by atoms with van der Waals surface area (Å²) in [4.78, 5) is 0. The van der Waals surface area contributed by atoms with Gasteiger partial charge in [0.1, 0.15) is 5.75 Å². The highest BCUT2D eigenvalue weighted by molar-refractivity contribution is 7.80. The quantitative estimate of drug-likeness (QED) is 0.437. The third kappa shape index (κ3) is 4.87. The molecule has 0 saturated carbocycles. The molecule has 0 fully saturated rings. The maximum atomic E-state index is 5.35. The van der Waals surface area contributed by atoms with E-state index >= 15 is 0 Å². The minimum Gasteiger partial charge on any atom is -0.495 e. The average molecular weight is 362 g/mol. The molecule has 0 spiro atoms. The molecule has 0 aliphatic heterocycles. The van der Waals surface area contributed by atoms with Gasteiger partial charge in [0.25, 0.3) is 0 Å². The van der Waals surface area contributed by atoms with E-state index in [2.05, 4.69) is 20.9 Å². The van der Waals surface area contributed by atoms with E-state index in [9.17, 15) is 0 Å². The number of nitrogens with one attached hydrogen (secondary N) is 2. The summed E-state index contributed by atoms with van der Waals surface area (Å²) in [5.74, 6) is 0.730. The van der Waals surface area contributed by atoms with Gasteiger partial charge >= 0.3 is 0 Å². The van der Waals surface area contributed by atoms with Gasteiger partial charge in [-0.1, -0.05) is 30.3 Å². The molecule has 0 aromatic heterocycles. The van der Waals surface area contributed by atoms with Crippen molar-refractivity contribution in [2.75, 3.05) is 17.7 Å². The molecule has 0 aliphatic carbocycles. The van der Waals surface area contributed by atoms with E-state index in [0.717, 1.165) is 28.5 Å². The molecule has 0 aliphatic rings. The van der Waals surface area contributed by atoms with Crippen molar-refractivity contribution in [3.8, 4) is 5.75 Å². The van der Waals surface area contributed by atoms with Crippen LogP contribution in [-0.4, -0.2) is 12.2 Å². The van der Waals surface area contributed by atoms with Crippen LogP contribution in [0.5, 0.6) is 5.75 Å². The number of benzene rings is 3. The Morgan fingerprint density at radius 1 is 0.769 bits per heavy atom. The number of rotatable bonds is 5. The fraction of sp³-hybridized carbons (Fsp3) is 0.0500. The van der Waals surface area contributed by atoms with E-state index in [1.165, 1.54) is 0 Å². The summed E-state index contributed by atoms with van der Waals surface area (Å²) < 4.78 is 5.30. The van der Waals surface area contributed by atoms with Gasteiger partial charge in [-0.15, -0.1) is 0 Å². The molecule has 0 atom stereocenters. The van der Waals surface area contributed by atoms with Gasteiger partial charge in [-0.3, -0.25) is 0 Å². The predicted molar refractivity (Wildman–Crippen MR) is 110 cm³/mol. The van der Waals surface area contributed by atoms with Crippen molar-refractivity contribution in [2.24, 2.45) is 10.2 Å². The van der Waals surface area contributed by atoms with Crippen molar-refractivity contribution in [3.05, 3.63) is 78.9 Å². The smallest absolute Gasteiger partial charge is 0.175 e. The zero-order valence-electron chi connectivity index (χ0n) is 14.2. The van der Waals surface area contributed by atoms with Crippen LogP contribution in [0.15, 0.2) is 89.1 Å². The van der Waals surface area contributed by atoms with Crippen LogP contribution in [0.2, 0.25) is 0 Å². The second-order valence-corrected chi connectivity index (χ2v) is 5.77. The molecule has 6 heteroatoms. The first kappa shape index (κ1) is 17.6. The molecule has 130 valence electrons. The summed E-state index contributed by atoms with van der Waals surface area (Å²) in [5.41, 5.74) is 3.25. The SMILES string of the molecule is COc1ccccc1NC(=S)Nc1ccc(N=Nc2ccccc2)cc1. The minimum absolute atomic E-state index is 0.480. The summed E-state index contributed by atoms with van der Waals surface area (Å²) >= 11 is 5.35. The Morgan fingerprint density at radius 3 is 2.08 bits per heavy atom. The summed E-state index contributed by atoms with van der Waals surface area (Å²) in [6.45, 7) is 0. The molecule has 3 aromatic rings. The maximum absolute atomic E-state index is 5.35. The fourth-order valence-corrected chi connectivity index (χ4v) is 2.48. The number of ether oxygens (including phenoxy) is 1. The van der Waals surface area contributed by atoms with Crippen molar-refractivity contribution < 1.29 is 4.74 Å². The molecule has 2 N–H and O–H groups in total. The standard InChI is InChI=1S/C20H18N4OS/c1-25-19-10-6-5-9-18(19)22-20(26)21-15-11-13-17(14-12-15)24-23-16-7-3-2-4-8-16/h2-14H,1H3,(H2,21,22,26). The van der Waals surface area contributed by atoms with Crippen molar-refractivity contribution in [2.45, 2.75) is 0 Å². The topological polar surface area (TPSA) is 58.0 Å². The summed E-state index contributed by atoms with van der Waals surface area (Å²) in [5, 5.41) is 15.2. The first-order valence-corrected chi connectivity index (χ1v) is 8.43. The Balaban J connectivity index is 1.60. The highest BCUT2D eigenvalue weighted by atomic mass is 32.1. The molecule has 26 heavy (non-hydrogen) atoms. The van der Waals surface area contributed by atoms with Gasteiger partial charge in [-0.05, 0) is 60.7 Å². The highest BCUT2D eigenvalue weighted by Crippen LogP contribution is 2.24. The van der Waals surface area contributed by atoms with Crippen LogP contribution in [0, 0.1) is 0 Å². The molecular weight excluding hydrogens is 344 g/mol. The molecule has 0 unspecified atom stereocenters. The first-order valence-electron chi connectivity index (χ1n) is 8.02. The Kier molecular flexibility index (Phi) is 5.90. The molecule has 3 rings (SSSR count). The fourth-order valence-electron chi connectivity index (χ4n) is 2.25. The van der Waals surface area contributed by atoms with E-state index < -0.39 is 0 Å². The van der Waals surface area contributed by atoms with Crippen LogP contribution >= 0.6 is 12.2 Å². The Labute approximate surface area is 157 Å². The number of hydrogen-bond acceptors (Lipinski definition) is 4. The lowest BCUT2D eigenvalue weighted by Gasteiger charge is -2.13. The van der Waals surface area contributed by atoms with Crippen LogP contribution in [0.3, 0.4) is 0 Å². The second-order valence-electron chi connectivity index (χ2n) is 5.36. The summed E-state index contributed by atoms with van der Waals surface area (Å²) in [6, 6.07) is 24.8. The number of methoxy groups -OCH3 is 1. The molecule has 0 bridgehead atoms. The van der Waals surface area contributed by atoms with Crippen LogP contribution in [0.1, 0.15) is 0 Å². The largest absolute Gasteiger partial charge is 0.495 e. The second kappa shape index (κ2) is 8.73. The third-order valence-corrected chi connectivity index (χ3v) is 3.72. The lowest BCUT2D eigenvalue weighted by atomic mass is 10.3. The monoisotopic (exact) mass is 362 g/mol. The van der Waals surface area contributed by atoms with Gasteiger partial charge in [-0.2, -0.15) is 10.2 Å². The van der Waals surface area contributed by atoms with Gasteiger partial charge in [0, 0.05) is 5.69 Å². The normalized spacial score (nSPS) is 10.5. The van der Waals surface area contributed by atoms with Gasteiger partial charge in [0.05, 0.1) is 24.2 Å². The molecular formula is C20H18N4OS. The number of hydrogen-bond donors (Lipinski definition) is 2. The molecule has 0 amide bonds. The predicted octanol–water partition coefficient (Wildman–Crippen LogP) is 5.92. The van der Waals surface area contributed by atoms with Crippen LogP contribution < -0.4 is 15.4 Å². The van der Waals surface area contributed by atoms with Crippen molar-refractivity contribution in [1.82, 2.24) is 0 Å². The summed E-state index contributed by atoms with van der Waals surface area (Å²) in [6.07, 6.45) is 0. The van der Waals surface area contributed by atoms with Crippen molar-refractivity contribution >= 4 is 40.1 Å². The lowest BCUT2D eigenvalue weighted by molar-refractivity contribution is 0.417. The van der Waals surface area contributed by atoms with Gasteiger partial charge in [-0.25, -0.2) is 0 Å². The lowest BCUT2D eigenvalue weighted by Crippen LogP contribution is -2.19. The van der Waals surface area contributed by atoms with Crippen molar-refractivity contribution in [3.63, 3.8) is 0 Å². The summed E-state index contributed by atoms with van der Waals surface area (Å²) in [7, 11) is 1.62. The van der Waals surface area contributed by atoms with Crippen LogP contribution in [0.25, 0.3) is 0 Å². The zero-order valence-corrected chi connectivity index (χ0v) is 15.0. The molecule has 0 heterocycles. The molecule has 3 aromatic carbocycles. The Morgan fingerprint density at radius 2 is 1.38 bits per heavy atom. The van der Waals surface area contributed by atoms with E-state index in [1.54, 1.807) is 7.11 Å². The van der Waals surface area contributed by atoms with E-state index in [-0.39, 0.29) is 0 Å². The Bertz CT molecular complexity index is 895. The molecule has 5 nitrogen and oxygen atoms in total. The number of azo groups is 1. The van der Waals surface area contributed by atoms with Gasteiger partial charge in [0.15, 0.2) is 5.11 Å². The molecule has 0 saturated heterocycles. The number of anilines is 2. The average Bonchev–Trinajstić information content (AvgIpc) is 2.68. The third-order valence-electron chi connectivity index (χ3n) is 3.52.